The molecular weight excluding hydrogens is 230 g/mol. The van der Waals surface area contributed by atoms with Crippen LogP contribution in [0, 0.1) is 11.3 Å². The first-order valence-electron chi connectivity index (χ1n) is 6.63. The van der Waals surface area contributed by atoms with E-state index in [4.69, 9.17) is 4.74 Å². The molecule has 3 rings (SSSR count). The number of thiophene rings is 1. The second kappa shape index (κ2) is 4.71. The lowest BCUT2D eigenvalue weighted by molar-refractivity contribution is 0.0318. The molecule has 94 valence electrons. The topological polar surface area (TPSA) is 21.3 Å². The van der Waals surface area contributed by atoms with Crippen molar-refractivity contribution in [2.75, 3.05) is 20.2 Å². The Morgan fingerprint density at radius 1 is 1.53 bits per heavy atom. The normalized spacial score (nSPS) is 33.1. The van der Waals surface area contributed by atoms with Crippen LogP contribution >= 0.6 is 11.3 Å². The lowest BCUT2D eigenvalue weighted by Crippen LogP contribution is -2.42. The summed E-state index contributed by atoms with van der Waals surface area (Å²) >= 11 is 1.88. The highest BCUT2D eigenvalue weighted by molar-refractivity contribution is 7.09. The van der Waals surface area contributed by atoms with Gasteiger partial charge in [-0.1, -0.05) is 6.07 Å². The summed E-state index contributed by atoms with van der Waals surface area (Å²) in [5.41, 5.74) is 0.348. The van der Waals surface area contributed by atoms with Crippen molar-refractivity contribution >= 4 is 11.3 Å². The van der Waals surface area contributed by atoms with Gasteiger partial charge in [-0.05, 0) is 50.1 Å². The summed E-state index contributed by atoms with van der Waals surface area (Å²) in [6, 6.07) is 4.43. The number of hydrogen-bond donors (Lipinski definition) is 1. The molecule has 1 saturated heterocycles. The van der Waals surface area contributed by atoms with Gasteiger partial charge in [-0.15, -0.1) is 11.3 Å². The van der Waals surface area contributed by atoms with E-state index in [0.29, 0.717) is 11.5 Å². The Morgan fingerprint density at radius 3 is 3.06 bits per heavy atom. The zero-order valence-electron chi connectivity index (χ0n) is 10.4. The van der Waals surface area contributed by atoms with E-state index in [-0.39, 0.29) is 0 Å². The lowest BCUT2D eigenvalue weighted by Gasteiger charge is -2.34. The third-order valence-electron chi connectivity index (χ3n) is 4.19. The van der Waals surface area contributed by atoms with E-state index in [0.717, 1.165) is 19.1 Å². The average molecular weight is 251 g/mol. The third-order valence-corrected chi connectivity index (χ3v) is 5.06. The summed E-state index contributed by atoms with van der Waals surface area (Å²) in [7, 11) is 2.07. The molecule has 0 amide bonds. The van der Waals surface area contributed by atoms with Crippen LogP contribution in [0.15, 0.2) is 17.5 Å². The maximum absolute atomic E-state index is 6.06. The first kappa shape index (κ1) is 11.7. The largest absolute Gasteiger partial charge is 0.377 e. The summed E-state index contributed by atoms with van der Waals surface area (Å²) in [5.74, 6) is 0.839. The number of ether oxygens (including phenoxy) is 1. The molecule has 2 aliphatic rings. The van der Waals surface area contributed by atoms with Crippen molar-refractivity contribution in [2.45, 2.75) is 31.8 Å². The molecule has 1 aliphatic heterocycles. The molecule has 0 spiro atoms. The van der Waals surface area contributed by atoms with E-state index in [1.54, 1.807) is 0 Å². The molecule has 1 saturated carbocycles. The highest BCUT2D eigenvalue weighted by Gasteiger charge is 2.50. The molecule has 3 heteroatoms. The van der Waals surface area contributed by atoms with Crippen molar-refractivity contribution < 1.29 is 4.74 Å². The fraction of sp³-hybridized carbons (Fsp3) is 0.714. The molecule has 2 unspecified atom stereocenters. The molecule has 2 nitrogen and oxygen atoms in total. The molecule has 2 atom stereocenters. The van der Waals surface area contributed by atoms with Crippen molar-refractivity contribution in [3.05, 3.63) is 22.4 Å². The number of nitrogens with one attached hydrogen (secondary N) is 1. The Hall–Kier alpha value is -0.380. The zero-order valence-corrected chi connectivity index (χ0v) is 11.3. The maximum Gasteiger partial charge on any atom is 0.0675 e. The molecule has 1 aromatic rings. The molecular formula is C14H21NOS. The predicted molar refractivity (Wildman–Crippen MR) is 71.5 cm³/mol. The van der Waals surface area contributed by atoms with Gasteiger partial charge in [0, 0.05) is 23.4 Å². The van der Waals surface area contributed by atoms with Gasteiger partial charge >= 0.3 is 0 Å². The smallest absolute Gasteiger partial charge is 0.0675 e. The minimum Gasteiger partial charge on any atom is -0.377 e. The summed E-state index contributed by atoms with van der Waals surface area (Å²) in [6.45, 7) is 2.04. The molecule has 0 radical (unpaired) electrons. The van der Waals surface area contributed by atoms with E-state index in [2.05, 4.69) is 29.9 Å². The van der Waals surface area contributed by atoms with Crippen molar-refractivity contribution in [3.63, 3.8) is 0 Å². The van der Waals surface area contributed by atoms with Gasteiger partial charge in [-0.2, -0.15) is 0 Å². The molecule has 0 aromatic carbocycles. The van der Waals surface area contributed by atoms with Gasteiger partial charge in [-0.25, -0.2) is 0 Å². The second-order valence-corrected chi connectivity index (χ2v) is 6.56. The highest BCUT2D eigenvalue weighted by atomic mass is 32.1. The Kier molecular flexibility index (Phi) is 3.24. The van der Waals surface area contributed by atoms with Crippen LogP contribution in [0.4, 0.5) is 0 Å². The standard InChI is InChI=1S/C14H21NOS/c1-15-10-14(9-12-3-2-8-17-12)6-7-16-13(14)11-4-5-11/h2-3,8,11,13,15H,4-7,9-10H2,1H3. The molecule has 2 fully saturated rings. The van der Waals surface area contributed by atoms with Gasteiger partial charge in [0.1, 0.15) is 0 Å². The van der Waals surface area contributed by atoms with Crippen LogP contribution in [0.3, 0.4) is 0 Å². The van der Waals surface area contributed by atoms with Crippen LogP contribution in [0.2, 0.25) is 0 Å². The zero-order chi connectivity index (χ0) is 11.7. The van der Waals surface area contributed by atoms with Gasteiger partial charge in [0.15, 0.2) is 0 Å². The summed E-state index contributed by atoms with van der Waals surface area (Å²) < 4.78 is 6.06. The fourth-order valence-corrected chi connectivity index (χ4v) is 4.16. The van der Waals surface area contributed by atoms with Crippen LogP contribution < -0.4 is 5.32 Å². The molecule has 1 aliphatic carbocycles. The number of hydrogen-bond acceptors (Lipinski definition) is 3. The van der Waals surface area contributed by atoms with Gasteiger partial charge in [-0.3, -0.25) is 0 Å². The van der Waals surface area contributed by atoms with Crippen molar-refractivity contribution in [1.29, 1.82) is 0 Å². The highest BCUT2D eigenvalue weighted by Crippen LogP contribution is 2.49. The van der Waals surface area contributed by atoms with E-state index < -0.39 is 0 Å². The quantitative estimate of drug-likeness (QED) is 0.869. The predicted octanol–water partition coefficient (Wildman–Crippen LogP) is 2.70. The van der Waals surface area contributed by atoms with Crippen molar-refractivity contribution in [1.82, 2.24) is 5.32 Å². The van der Waals surface area contributed by atoms with E-state index in [1.807, 2.05) is 11.3 Å². The second-order valence-electron chi connectivity index (χ2n) is 5.53. The lowest BCUT2D eigenvalue weighted by atomic mass is 9.75. The van der Waals surface area contributed by atoms with Crippen LogP contribution in [0.5, 0.6) is 0 Å². The van der Waals surface area contributed by atoms with Crippen molar-refractivity contribution in [3.8, 4) is 0 Å². The van der Waals surface area contributed by atoms with E-state index in [9.17, 15) is 0 Å². The first-order chi connectivity index (χ1) is 8.34. The van der Waals surface area contributed by atoms with Crippen molar-refractivity contribution in [2.24, 2.45) is 11.3 Å². The van der Waals surface area contributed by atoms with Gasteiger partial charge in [0.2, 0.25) is 0 Å². The summed E-state index contributed by atoms with van der Waals surface area (Å²) in [5, 5.41) is 5.59. The third kappa shape index (κ3) is 2.28. The Labute approximate surface area is 107 Å². The SMILES string of the molecule is CNCC1(Cc2cccs2)CCOC1C1CC1. The van der Waals surface area contributed by atoms with Crippen LogP contribution in [-0.4, -0.2) is 26.3 Å². The number of rotatable bonds is 5. The van der Waals surface area contributed by atoms with Crippen LogP contribution in [-0.2, 0) is 11.2 Å². The van der Waals surface area contributed by atoms with Crippen LogP contribution in [0.25, 0.3) is 0 Å². The summed E-state index contributed by atoms with van der Waals surface area (Å²) in [6.07, 6.45) is 5.65. The minimum absolute atomic E-state index is 0.348. The Morgan fingerprint density at radius 2 is 2.41 bits per heavy atom. The fourth-order valence-electron chi connectivity index (χ4n) is 3.30. The average Bonchev–Trinajstić information content (AvgIpc) is 2.88. The van der Waals surface area contributed by atoms with Gasteiger partial charge in [0.05, 0.1) is 6.10 Å². The van der Waals surface area contributed by atoms with Crippen LogP contribution in [0.1, 0.15) is 24.1 Å². The summed E-state index contributed by atoms with van der Waals surface area (Å²) in [4.78, 5) is 1.51. The van der Waals surface area contributed by atoms with E-state index in [1.165, 1.54) is 30.6 Å². The Balaban J connectivity index is 1.80. The monoisotopic (exact) mass is 251 g/mol. The molecule has 17 heavy (non-hydrogen) atoms. The van der Waals surface area contributed by atoms with Gasteiger partial charge < -0.3 is 10.1 Å². The molecule has 2 heterocycles. The van der Waals surface area contributed by atoms with Gasteiger partial charge in [0.25, 0.3) is 0 Å². The molecule has 0 bridgehead atoms. The molecule has 1 aromatic heterocycles. The molecule has 1 N–H and O–H groups in total. The minimum atomic E-state index is 0.348. The maximum atomic E-state index is 6.06. The Bertz CT molecular complexity index is 360. The first-order valence-corrected chi connectivity index (χ1v) is 7.51. The van der Waals surface area contributed by atoms with E-state index >= 15 is 0 Å².